The van der Waals surface area contributed by atoms with E-state index in [0.29, 0.717) is 43.4 Å². The molecule has 0 bridgehead atoms. The van der Waals surface area contributed by atoms with Crippen molar-refractivity contribution in [3.05, 3.63) is 68.4 Å². The molecule has 2 N–H and O–H groups in total. The number of carbonyl (C=O) groups excluding carboxylic acids is 2. The van der Waals surface area contributed by atoms with Crippen molar-refractivity contribution in [2.24, 2.45) is 0 Å². The molecule has 25 heavy (non-hydrogen) atoms. The van der Waals surface area contributed by atoms with Gasteiger partial charge < -0.3 is 10.3 Å². The molecule has 0 saturated heterocycles. The third-order valence-electron chi connectivity index (χ3n) is 4.99. The minimum Gasteiger partial charge on any atom is -0.345 e. The number of H-pyrrole nitrogens is 1. The van der Waals surface area contributed by atoms with E-state index < -0.39 is 11.5 Å². The van der Waals surface area contributed by atoms with Gasteiger partial charge in [-0.1, -0.05) is 6.07 Å². The maximum Gasteiger partial charge on any atom is 0.261 e. The maximum atomic E-state index is 13.3. The highest BCUT2D eigenvalue weighted by atomic mass is 19.1. The fourth-order valence-corrected chi connectivity index (χ4v) is 3.72. The molecule has 0 aliphatic heterocycles. The van der Waals surface area contributed by atoms with Crippen molar-refractivity contribution in [2.75, 3.05) is 0 Å². The second kappa shape index (κ2) is 5.95. The molecule has 128 valence electrons. The fourth-order valence-electron chi connectivity index (χ4n) is 3.72. The zero-order chi connectivity index (χ0) is 17.6. The monoisotopic (exact) mass is 340 g/mol. The van der Waals surface area contributed by atoms with Crippen LogP contribution in [0.15, 0.2) is 29.1 Å². The number of aryl methyl sites for hydroxylation is 2. The molecule has 6 heteroatoms. The van der Waals surface area contributed by atoms with Gasteiger partial charge in [-0.25, -0.2) is 4.39 Å². The molecule has 0 radical (unpaired) electrons. The molecule has 0 saturated carbocycles. The van der Waals surface area contributed by atoms with E-state index in [-0.39, 0.29) is 23.2 Å². The van der Waals surface area contributed by atoms with Gasteiger partial charge in [-0.3, -0.25) is 14.4 Å². The van der Waals surface area contributed by atoms with Gasteiger partial charge in [-0.05, 0) is 55.0 Å². The van der Waals surface area contributed by atoms with Crippen LogP contribution in [0.3, 0.4) is 0 Å². The largest absolute Gasteiger partial charge is 0.345 e. The number of halogens is 1. The van der Waals surface area contributed by atoms with Crippen molar-refractivity contribution < 1.29 is 14.0 Å². The van der Waals surface area contributed by atoms with Crippen LogP contribution in [0.1, 0.15) is 62.8 Å². The van der Waals surface area contributed by atoms with E-state index >= 15 is 0 Å². The Morgan fingerprint density at radius 2 is 2.00 bits per heavy atom. The number of Topliss-reactive ketones (excluding diaryl/α,β-unsaturated/α-hetero) is 1. The van der Waals surface area contributed by atoms with Crippen LogP contribution in [0.2, 0.25) is 0 Å². The number of benzene rings is 1. The molecule has 2 aromatic rings. The normalized spacial score (nSPS) is 18.6. The molecule has 1 aromatic carbocycles. The maximum absolute atomic E-state index is 13.3. The third kappa shape index (κ3) is 2.77. The summed E-state index contributed by atoms with van der Waals surface area (Å²) in [5.74, 6) is -0.854. The number of hydrogen-bond donors (Lipinski definition) is 2. The number of ketones is 1. The van der Waals surface area contributed by atoms with E-state index in [1.165, 1.54) is 18.2 Å². The number of hydrogen-bond acceptors (Lipinski definition) is 3. The zero-order valence-corrected chi connectivity index (χ0v) is 13.5. The molecule has 0 fully saturated rings. The van der Waals surface area contributed by atoms with Crippen LogP contribution in [0, 0.1) is 5.82 Å². The van der Waals surface area contributed by atoms with Gasteiger partial charge in [0.25, 0.3) is 11.5 Å². The van der Waals surface area contributed by atoms with Crippen LogP contribution in [0.25, 0.3) is 0 Å². The summed E-state index contributed by atoms with van der Waals surface area (Å²) >= 11 is 0. The Hall–Kier alpha value is -2.76. The summed E-state index contributed by atoms with van der Waals surface area (Å²) in [6.07, 6.45) is 3.12. The number of aromatic nitrogens is 1. The average molecular weight is 340 g/mol. The minimum absolute atomic E-state index is 0.0479. The molecule has 1 heterocycles. The summed E-state index contributed by atoms with van der Waals surface area (Å²) < 4.78 is 13.3. The van der Waals surface area contributed by atoms with Crippen LogP contribution in [0.4, 0.5) is 4.39 Å². The summed E-state index contributed by atoms with van der Waals surface area (Å²) in [5, 5.41) is 2.84. The Morgan fingerprint density at radius 3 is 2.84 bits per heavy atom. The van der Waals surface area contributed by atoms with Crippen LogP contribution in [0.5, 0.6) is 0 Å². The predicted octanol–water partition coefficient (Wildman–Crippen LogP) is 2.45. The average Bonchev–Trinajstić information content (AvgIpc) is 2.96. The Bertz CT molecular complexity index is 948. The highest BCUT2D eigenvalue weighted by molar-refractivity contribution is 6.01. The third-order valence-corrected chi connectivity index (χ3v) is 4.99. The van der Waals surface area contributed by atoms with Gasteiger partial charge in [0, 0.05) is 17.7 Å². The van der Waals surface area contributed by atoms with Gasteiger partial charge in [-0.2, -0.15) is 0 Å². The van der Waals surface area contributed by atoms with E-state index in [2.05, 4.69) is 10.3 Å². The molecule has 1 unspecified atom stereocenters. The van der Waals surface area contributed by atoms with Crippen molar-refractivity contribution in [3.63, 3.8) is 0 Å². The number of aromatic amines is 1. The molecule has 1 amide bonds. The van der Waals surface area contributed by atoms with Crippen molar-refractivity contribution in [3.8, 4) is 0 Å². The first-order chi connectivity index (χ1) is 12.0. The van der Waals surface area contributed by atoms with Crippen molar-refractivity contribution in [2.45, 2.75) is 38.1 Å². The molecule has 1 atom stereocenters. The van der Waals surface area contributed by atoms with Crippen molar-refractivity contribution in [1.82, 2.24) is 10.3 Å². The van der Waals surface area contributed by atoms with Gasteiger partial charge >= 0.3 is 0 Å². The lowest BCUT2D eigenvalue weighted by molar-refractivity contribution is 0.0935. The van der Waals surface area contributed by atoms with Crippen LogP contribution >= 0.6 is 0 Å². The second-order valence-corrected chi connectivity index (χ2v) is 6.59. The number of carbonyl (C=O) groups is 2. The number of amides is 1. The van der Waals surface area contributed by atoms with Gasteiger partial charge in [0.15, 0.2) is 5.78 Å². The first-order valence-corrected chi connectivity index (χ1v) is 8.41. The van der Waals surface area contributed by atoms with Gasteiger partial charge in [0.1, 0.15) is 11.4 Å². The van der Waals surface area contributed by atoms with Crippen molar-refractivity contribution >= 4 is 11.7 Å². The van der Waals surface area contributed by atoms with E-state index in [1.807, 2.05) is 0 Å². The molecular weight excluding hydrogens is 323 g/mol. The molecule has 4 rings (SSSR count). The summed E-state index contributed by atoms with van der Waals surface area (Å²) in [6.45, 7) is 0. The number of nitrogens with one attached hydrogen (secondary N) is 2. The van der Waals surface area contributed by atoms with Crippen LogP contribution in [-0.4, -0.2) is 16.7 Å². The molecule has 5 nitrogen and oxygen atoms in total. The molecule has 0 spiro atoms. The lowest BCUT2D eigenvalue weighted by Crippen LogP contribution is -2.33. The molecule has 2 aliphatic rings. The first kappa shape index (κ1) is 15.7. The summed E-state index contributed by atoms with van der Waals surface area (Å²) in [7, 11) is 0. The number of pyridine rings is 1. The fraction of sp³-hybridized carbons (Fsp3) is 0.316. The number of fused-ring (bicyclic) bond motifs is 2. The van der Waals surface area contributed by atoms with E-state index in [1.54, 1.807) is 6.07 Å². The van der Waals surface area contributed by atoms with Gasteiger partial charge in [0.2, 0.25) is 0 Å². The van der Waals surface area contributed by atoms with Gasteiger partial charge in [0.05, 0.1) is 6.04 Å². The highest BCUT2D eigenvalue weighted by Crippen LogP contribution is 2.31. The van der Waals surface area contributed by atoms with Crippen LogP contribution in [-0.2, 0) is 12.8 Å². The lowest BCUT2D eigenvalue weighted by Gasteiger charge is -2.17. The topological polar surface area (TPSA) is 79.0 Å². The van der Waals surface area contributed by atoms with Crippen LogP contribution < -0.4 is 10.9 Å². The first-order valence-electron chi connectivity index (χ1n) is 8.41. The summed E-state index contributed by atoms with van der Waals surface area (Å²) in [4.78, 5) is 39.5. The quantitative estimate of drug-likeness (QED) is 0.881. The molecular formula is C19H17FN2O3. The van der Waals surface area contributed by atoms with Gasteiger partial charge in [-0.15, -0.1) is 0 Å². The molecule has 2 aliphatic carbocycles. The predicted molar refractivity (Wildman–Crippen MR) is 89.3 cm³/mol. The smallest absolute Gasteiger partial charge is 0.261 e. The number of rotatable bonds is 2. The summed E-state index contributed by atoms with van der Waals surface area (Å²) in [5.41, 5.74) is 2.26. The second-order valence-electron chi connectivity index (χ2n) is 6.59. The minimum atomic E-state index is -0.510. The lowest BCUT2D eigenvalue weighted by atomic mass is 9.93. The highest BCUT2D eigenvalue weighted by Gasteiger charge is 2.27. The van der Waals surface area contributed by atoms with Crippen molar-refractivity contribution in [1.29, 1.82) is 0 Å². The van der Waals surface area contributed by atoms with E-state index in [4.69, 9.17) is 0 Å². The van der Waals surface area contributed by atoms with E-state index in [9.17, 15) is 18.8 Å². The zero-order valence-electron chi connectivity index (χ0n) is 13.5. The molecule has 1 aromatic heterocycles. The Labute approximate surface area is 143 Å². The Balaban J connectivity index is 1.62. The Kier molecular flexibility index (Phi) is 3.75. The van der Waals surface area contributed by atoms with E-state index in [0.717, 1.165) is 11.1 Å². The Morgan fingerprint density at radius 1 is 1.16 bits per heavy atom. The standard InChI is InChI=1S/C19H17FN2O3/c20-11-5-6-12-10(8-11)4-7-16(12)22-19(25)14-9-13-15(21-18(14)24)2-1-3-17(13)23/h5-6,8-9,16H,1-4,7H2,(H,21,24)(H,22,25). The summed E-state index contributed by atoms with van der Waals surface area (Å²) in [6, 6.07) is 5.67. The SMILES string of the molecule is O=C1CCCc2[nH]c(=O)c(C(=O)NC3CCc4cc(F)ccc43)cc21.